The molecule has 2 aliphatic carbocycles. The second kappa shape index (κ2) is 9.93. The van der Waals surface area contributed by atoms with Crippen LogP contribution in [0.4, 0.5) is 0 Å². The van der Waals surface area contributed by atoms with Crippen LogP contribution in [0.5, 0.6) is 5.75 Å². The van der Waals surface area contributed by atoms with Crippen LogP contribution in [0.25, 0.3) is 11.1 Å². The fourth-order valence-corrected chi connectivity index (χ4v) is 5.98. The molecule has 0 heterocycles. The van der Waals surface area contributed by atoms with Crippen molar-refractivity contribution in [2.24, 2.45) is 0 Å². The van der Waals surface area contributed by atoms with Crippen molar-refractivity contribution in [3.05, 3.63) is 54.6 Å². The predicted molar refractivity (Wildman–Crippen MR) is 116 cm³/mol. The highest BCUT2D eigenvalue weighted by atomic mass is 31.2. The van der Waals surface area contributed by atoms with Gasteiger partial charge in [-0.15, -0.1) is 0 Å². The molecule has 0 unspecified atom stereocenters. The Hall–Kier alpha value is -1.61. The van der Waals surface area contributed by atoms with Crippen molar-refractivity contribution in [1.29, 1.82) is 0 Å². The van der Waals surface area contributed by atoms with Crippen molar-refractivity contribution < 1.29 is 18.1 Å². The smallest absolute Gasteiger partial charge is 0.403 e. The van der Waals surface area contributed by atoms with Gasteiger partial charge >= 0.3 is 7.82 Å². The molecule has 29 heavy (non-hydrogen) atoms. The van der Waals surface area contributed by atoms with E-state index in [0.29, 0.717) is 5.75 Å². The summed E-state index contributed by atoms with van der Waals surface area (Å²) in [5.74, 6) is 0.550. The van der Waals surface area contributed by atoms with Gasteiger partial charge in [0.15, 0.2) is 0 Å². The van der Waals surface area contributed by atoms with E-state index < -0.39 is 7.82 Å². The van der Waals surface area contributed by atoms with Gasteiger partial charge in [-0.25, -0.2) is 4.57 Å². The molecule has 0 spiro atoms. The monoisotopic (exact) mass is 414 g/mol. The summed E-state index contributed by atoms with van der Waals surface area (Å²) in [4.78, 5) is 0. The molecule has 2 aromatic rings. The SMILES string of the molecule is O=P(Oc1ccccc1-c1ccccc1)(OC1CCCCC1)OC1CCCCC1. The molecule has 0 saturated heterocycles. The zero-order chi connectivity index (χ0) is 19.9. The van der Waals surface area contributed by atoms with E-state index in [1.165, 1.54) is 12.8 Å². The molecule has 0 aromatic heterocycles. The minimum absolute atomic E-state index is 0.0536. The number of phosphoric acid groups is 1. The Morgan fingerprint density at radius 2 is 1.17 bits per heavy atom. The summed E-state index contributed by atoms with van der Waals surface area (Å²) >= 11 is 0. The van der Waals surface area contributed by atoms with Crippen LogP contribution in [0.2, 0.25) is 0 Å². The van der Waals surface area contributed by atoms with Gasteiger partial charge in [0.2, 0.25) is 0 Å². The predicted octanol–water partition coefficient (Wildman–Crippen LogP) is 7.54. The van der Waals surface area contributed by atoms with Crippen LogP contribution in [-0.2, 0) is 13.6 Å². The molecule has 156 valence electrons. The number of benzene rings is 2. The van der Waals surface area contributed by atoms with Gasteiger partial charge in [-0.3, -0.25) is 9.05 Å². The quantitative estimate of drug-likeness (QED) is 0.439. The van der Waals surface area contributed by atoms with E-state index in [2.05, 4.69) is 0 Å². The molecule has 0 amide bonds. The molecule has 0 N–H and O–H groups in total. The number of hydrogen-bond donors (Lipinski definition) is 0. The standard InChI is InChI=1S/C24H31O4P/c25-29(26-21-14-6-2-7-15-21,27-22-16-8-3-9-17-22)28-24-19-11-10-18-23(24)20-12-4-1-5-13-20/h1,4-5,10-13,18-19,21-22H,2-3,6-9,14-17H2. The van der Waals surface area contributed by atoms with E-state index in [-0.39, 0.29) is 12.2 Å². The lowest BCUT2D eigenvalue weighted by Crippen LogP contribution is -2.22. The van der Waals surface area contributed by atoms with Crippen molar-refractivity contribution in [3.63, 3.8) is 0 Å². The fourth-order valence-electron chi connectivity index (χ4n) is 4.30. The zero-order valence-corrected chi connectivity index (χ0v) is 17.9. The second-order valence-corrected chi connectivity index (χ2v) is 9.63. The van der Waals surface area contributed by atoms with Crippen LogP contribution in [-0.4, -0.2) is 12.2 Å². The molecule has 0 radical (unpaired) electrons. The molecule has 2 aromatic carbocycles. The zero-order valence-electron chi connectivity index (χ0n) is 17.0. The Morgan fingerprint density at radius 1 is 0.655 bits per heavy atom. The molecular weight excluding hydrogens is 383 g/mol. The van der Waals surface area contributed by atoms with E-state index in [4.69, 9.17) is 13.6 Å². The Labute approximate surface area is 174 Å². The second-order valence-electron chi connectivity index (χ2n) is 8.13. The van der Waals surface area contributed by atoms with Gasteiger partial charge in [0.1, 0.15) is 5.75 Å². The summed E-state index contributed by atoms with van der Waals surface area (Å²) in [7, 11) is -3.73. The van der Waals surface area contributed by atoms with Crippen LogP contribution in [0.1, 0.15) is 64.2 Å². The topological polar surface area (TPSA) is 44.8 Å². The first-order valence-corrected chi connectivity index (χ1v) is 12.5. The van der Waals surface area contributed by atoms with Gasteiger partial charge in [0, 0.05) is 5.56 Å². The molecule has 0 aliphatic heterocycles. The summed E-state index contributed by atoms with van der Waals surface area (Å²) in [6.07, 6.45) is 10.4. The Morgan fingerprint density at radius 3 is 1.76 bits per heavy atom. The molecule has 4 nitrogen and oxygen atoms in total. The first-order valence-electron chi connectivity index (χ1n) is 11.0. The minimum atomic E-state index is -3.73. The van der Waals surface area contributed by atoms with E-state index in [1.54, 1.807) is 0 Å². The van der Waals surface area contributed by atoms with Gasteiger partial charge in [0.05, 0.1) is 12.2 Å². The van der Waals surface area contributed by atoms with Gasteiger partial charge < -0.3 is 4.52 Å². The number of para-hydroxylation sites is 1. The van der Waals surface area contributed by atoms with Crippen molar-refractivity contribution in [1.82, 2.24) is 0 Å². The number of phosphoric ester groups is 1. The third-order valence-corrected chi connectivity index (χ3v) is 7.38. The van der Waals surface area contributed by atoms with E-state index in [1.807, 2.05) is 54.6 Å². The van der Waals surface area contributed by atoms with Crippen LogP contribution in [0.3, 0.4) is 0 Å². The van der Waals surface area contributed by atoms with Crippen LogP contribution >= 0.6 is 7.82 Å². The maximum Gasteiger partial charge on any atom is 0.530 e. The van der Waals surface area contributed by atoms with E-state index >= 15 is 0 Å². The molecule has 5 heteroatoms. The van der Waals surface area contributed by atoms with Gasteiger partial charge in [-0.05, 0) is 37.3 Å². The van der Waals surface area contributed by atoms with Crippen molar-refractivity contribution >= 4 is 7.82 Å². The lowest BCUT2D eigenvalue weighted by molar-refractivity contribution is 0.0515. The lowest BCUT2D eigenvalue weighted by atomic mass is 9.98. The van der Waals surface area contributed by atoms with Crippen molar-refractivity contribution in [2.45, 2.75) is 76.4 Å². The highest BCUT2D eigenvalue weighted by Crippen LogP contribution is 2.55. The van der Waals surface area contributed by atoms with Crippen molar-refractivity contribution in [2.75, 3.05) is 0 Å². The van der Waals surface area contributed by atoms with Crippen molar-refractivity contribution in [3.8, 4) is 16.9 Å². The minimum Gasteiger partial charge on any atom is -0.403 e. The third-order valence-electron chi connectivity index (χ3n) is 5.84. The summed E-state index contributed by atoms with van der Waals surface area (Å²) < 4.78 is 32.1. The molecule has 4 rings (SSSR count). The molecular formula is C24H31O4P. The molecule has 0 atom stereocenters. The summed E-state index contributed by atoms with van der Waals surface area (Å²) in [6.45, 7) is 0. The van der Waals surface area contributed by atoms with Crippen LogP contribution < -0.4 is 4.52 Å². The first kappa shape index (κ1) is 20.7. The summed E-state index contributed by atoms with van der Waals surface area (Å²) in [5, 5.41) is 0. The highest BCUT2D eigenvalue weighted by Gasteiger charge is 2.37. The Balaban J connectivity index is 1.58. The van der Waals surface area contributed by atoms with Gasteiger partial charge in [-0.1, -0.05) is 87.1 Å². The van der Waals surface area contributed by atoms with E-state index in [0.717, 1.165) is 62.5 Å². The maximum atomic E-state index is 13.8. The Bertz CT molecular complexity index is 787. The number of hydrogen-bond acceptors (Lipinski definition) is 4. The average molecular weight is 414 g/mol. The number of rotatable bonds is 7. The van der Waals surface area contributed by atoms with Crippen LogP contribution in [0, 0.1) is 0 Å². The molecule has 2 fully saturated rings. The molecule has 2 aliphatic rings. The Kier molecular flexibility index (Phi) is 7.07. The third kappa shape index (κ3) is 5.72. The highest BCUT2D eigenvalue weighted by molar-refractivity contribution is 7.49. The molecule has 2 saturated carbocycles. The first-order chi connectivity index (χ1) is 14.2. The normalized spacial score (nSPS) is 19.2. The fraction of sp³-hybridized carbons (Fsp3) is 0.500. The summed E-state index contributed by atoms with van der Waals surface area (Å²) in [6, 6.07) is 17.7. The van der Waals surface area contributed by atoms with E-state index in [9.17, 15) is 4.57 Å². The lowest BCUT2D eigenvalue weighted by Gasteiger charge is -2.30. The van der Waals surface area contributed by atoms with Gasteiger partial charge in [-0.2, -0.15) is 0 Å². The molecule has 0 bridgehead atoms. The average Bonchev–Trinajstić information content (AvgIpc) is 2.76. The maximum absolute atomic E-state index is 13.8. The largest absolute Gasteiger partial charge is 0.530 e. The van der Waals surface area contributed by atoms with Crippen LogP contribution in [0.15, 0.2) is 54.6 Å². The van der Waals surface area contributed by atoms with Gasteiger partial charge in [0.25, 0.3) is 0 Å². The summed E-state index contributed by atoms with van der Waals surface area (Å²) in [5.41, 5.74) is 1.91.